The molecular formula is C17H25FN2O2. The van der Waals surface area contributed by atoms with E-state index in [1.165, 1.54) is 11.6 Å². The Balaban J connectivity index is 1.57. The summed E-state index contributed by atoms with van der Waals surface area (Å²) < 4.78 is 18.7. The van der Waals surface area contributed by atoms with Crippen molar-refractivity contribution in [2.75, 3.05) is 45.9 Å². The number of fused-ring (bicyclic) bond motifs is 1. The lowest BCUT2D eigenvalue weighted by Gasteiger charge is -2.37. The first-order chi connectivity index (χ1) is 10.6. The van der Waals surface area contributed by atoms with E-state index in [4.69, 9.17) is 4.74 Å². The van der Waals surface area contributed by atoms with Gasteiger partial charge in [0.2, 0.25) is 0 Å². The van der Waals surface area contributed by atoms with E-state index in [1.807, 2.05) is 6.07 Å². The van der Waals surface area contributed by atoms with E-state index in [9.17, 15) is 9.50 Å². The molecule has 3 rings (SSSR count). The van der Waals surface area contributed by atoms with E-state index in [1.54, 1.807) is 6.07 Å². The Bertz CT molecular complexity index is 505. The van der Waals surface area contributed by atoms with Gasteiger partial charge in [0.25, 0.3) is 0 Å². The maximum Gasteiger partial charge on any atom is 0.123 e. The molecule has 1 aromatic carbocycles. The first kappa shape index (κ1) is 15.9. The molecule has 0 radical (unpaired) electrons. The summed E-state index contributed by atoms with van der Waals surface area (Å²) in [5.74, 6) is -0.160. The molecule has 5 heteroatoms. The Hall–Kier alpha value is -1.01. The molecule has 2 unspecified atom stereocenters. The number of aliphatic hydroxyl groups is 1. The number of β-amino-alcohol motifs (C(OH)–C–C–N with tert-alkyl or cyclic N) is 1. The second kappa shape index (κ2) is 7.04. The molecule has 1 saturated heterocycles. The summed E-state index contributed by atoms with van der Waals surface area (Å²) in [4.78, 5) is 4.55. The van der Waals surface area contributed by atoms with E-state index in [0.29, 0.717) is 13.1 Å². The second-order valence-electron chi connectivity index (χ2n) is 6.33. The van der Waals surface area contributed by atoms with Crippen molar-refractivity contribution in [2.45, 2.75) is 25.5 Å². The fraction of sp³-hybridized carbons (Fsp3) is 0.647. The number of hydrogen-bond donors (Lipinski definition) is 1. The number of rotatable bonds is 4. The standard InChI is InChI=1S/C17H25FN2O2/c1-13-17-3-2-15(18)10-14(17)4-5-20(13)12-16(21)11-19-6-8-22-9-7-19/h2-3,10,13,16,21H,4-9,11-12H2,1H3. The van der Waals surface area contributed by atoms with Gasteiger partial charge in [0.1, 0.15) is 5.82 Å². The van der Waals surface area contributed by atoms with Gasteiger partial charge in [0.05, 0.1) is 19.3 Å². The Morgan fingerprint density at radius 3 is 2.82 bits per heavy atom. The lowest BCUT2D eigenvalue weighted by Crippen LogP contribution is -2.46. The van der Waals surface area contributed by atoms with Crippen LogP contribution in [0.25, 0.3) is 0 Å². The van der Waals surface area contributed by atoms with Gasteiger partial charge in [0, 0.05) is 38.8 Å². The minimum absolute atomic E-state index is 0.160. The molecule has 0 aliphatic carbocycles. The van der Waals surface area contributed by atoms with Crippen molar-refractivity contribution in [1.82, 2.24) is 9.80 Å². The number of halogens is 1. The molecule has 0 aromatic heterocycles. The first-order valence-electron chi connectivity index (χ1n) is 8.14. The van der Waals surface area contributed by atoms with Gasteiger partial charge >= 0.3 is 0 Å². The number of aliphatic hydroxyl groups excluding tert-OH is 1. The molecule has 0 amide bonds. The fourth-order valence-corrected chi connectivity index (χ4v) is 3.51. The third-order valence-electron chi connectivity index (χ3n) is 4.79. The van der Waals surface area contributed by atoms with Gasteiger partial charge in [-0.25, -0.2) is 4.39 Å². The van der Waals surface area contributed by atoms with Crippen LogP contribution in [0.3, 0.4) is 0 Å². The predicted molar refractivity (Wildman–Crippen MR) is 83.4 cm³/mol. The van der Waals surface area contributed by atoms with Crippen LogP contribution in [-0.2, 0) is 11.2 Å². The van der Waals surface area contributed by atoms with Crippen molar-refractivity contribution in [1.29, 1.82) is 0 Å². The smallest absolute Gasteiger partial charge is 0.123 e. The number of hydrogen-bond acceptors (Lipinski definition) is 4. The van der Waals surface area contributed by atoms with Gasteiger partial charge < -0.3 is 9.84 Å². The van der Waals surface area contributed by atoms with Crippen LogP contribution in [0.2, 0.25) is 0 Å². The predicted octanol–water partition coefficient (Wildman–Crippen LogP) is 1.44. The normalized spacial score (nSPS) is 25.0. The van der Waals surface area contributed by atoms with Crippen molar-refractivity contribution in [3.05, 3.63) is 35.1 Å². The van der Waals surface area contributed by atoms with Gasteiger partial charge in [-0.05, 0) is 36.6 Å². The van der Waals surface area contributed by atoms with Crippen LogP contribution >= 0.6 is 0 Å². The Morgan fingerprint density at radius 1 is 1.27 bits per heavy atom. The number of benzene rings is 1. The molecule has 0 bridgehead atoms. The zero-order valence-electron chi connectivity index (χ0n) is 13.2. The summed E-state index contributed by atoms with van der Waals surface area (Å²) in [5, 5.41) is 10.4. The molecule has 2 aliphatic rings. The highest BCUT2D eigenvalue weighted by molar-refractivity contribution is 5.32. The maximum atomic E-state index is 13.3. The van der Waals surface area contributed by atoms with E-state index in [0.717, 1.165) is 44.8 Å². The van der Waals surface area contributed by atoms with Crippen LogP contribution in [-0.4, -0.2) is 66.9 Å². The third kappa shape index (κ3) is 3.66. The average molecular weight is 308 g/mol. The van der Waals surface area contributed by atoms with Gasteiger partial charge in [-0.1, -0.05) is 6.07 Å². The Kier molecular flexibility index (Phi) is 5.08. The van der Waals surface area contributed by atoms with Crippen LogP contribution in [0.1, 0.15) is 24.1 Å². The van der Waals surface area contributed by atoms with Crippen molar-refractivity contribution in [2.24, 2.45) is 0 Å². The molecule has 2 heterocycles. The molecule has 0 spiro atoms. The highest BCUT2D eigenvalue weighted by Gasteiger charge is 2.26. The third-order valence-corrected chi connectivity index (χ3v) is 4.79. The Morgan fingerprint density at radius 2 is 2.05 bits per heavy atom. The molecule has 0 saturated carbocycles. The average Bonchev–Trinajstić information content (AvgIpc) is 2.51. The zero-order chi connectivity index (χ0) is 15.5. The molecule has 1 fully saturated rings. The fourth-order valence-electron chi connectivity index (χ4n) is 3.51. The lowest BCUT2D eigenvalue weighted by atomic mass is 9.93. The molecular weight excluding hydrogens is 283 g/mol. The quantitative estimate of drug-likeness (QED) is 0.913. The second-order valence-corrected chi connectivity index (χ2v) is 6.33. The van der Waals surface area contributed by atoms with Crippen molar-refractivity contribution in [3.63, 3.8) is 0 Å². The summed E-state index contributed by atoms with van der Waals surface area (Å²) >= 11 is 0. The minimum Gasteiger partial charge on any atom is -0.390 e. The molecule has 2 aliphatic heterocycles. The minimum atomic E-state index is -0.359. The number of nitrogens with zero attached hydrogens (tertiary/aromatic N) is 2. The Labute approximate surface area is 131 Å². The SMILES string of the molecule is CC1c2ccc(F)cc2CCN1CC(O)CN1CCOCC1. The van der Waals surface area contributed by atoms with Gasteiger partial charge in [0.15, 0.2) is 0 Å². The van der Waals surface area contributed by atoms with E-state index >= 15 is 0 Å². The van der Waals surface area contributed by atoms with Crippen molar-refractivity contribution in [3.8, 4) is 0 Å². The topological polar surface area (TPSA) is 35.9 Å². The van der Waals surface area contributed by atoms with E-state index in [2.05, 4.69) is 16.7 Å². The van der Waals surface area contributed by atoms with Gasteiger partial charge in [-0.2, -0.15) is 0 Å². The first-order valence-corrected chi connectivity index (χ1v) is 8.14. The van der Waals surface area contributed by atoms with E-state index < -0.39 is 0 Å². The molecule has 4 nitrogen and oxygen atoms in total. The molecule has 2 atom stereocenters. The van der Waals surface area contributed by atoms with Gasteiger partial charge in [-0.3, -0.25) is 9.80 Å². The van der Waals surface area contributed by atoms with Crippen LogP contribution in [0.5, 0.6) is 0 Å². The number of ether oxygens (including phenoxy) is 1. The zero-order valence-corrected chi connectivity index (χ0v) is 13.2. The summed E-state index contributed by atoms with van der Waals surface area (Å²) in [5.41, 5.74) is 2.29. The summed E-state index contributed by atoms with van der Waals surface area (Å²) in [6.45, 7) is 7.67. The highest BCUT2D eigenvalue weighted by Crippen LogP contribution is 2.29. The maximum absolute atomic E-state index is 13.3. The molecule has 1 N–H and O–H groups in total. The van der Waals surface area contributed by atoms with E-state index in [-0.39, 0.29) is 18.0 Å². The van der Waals surface area contributed by atoms with Crippen LogP contribution in [0.4, 0.5) is 4.39 Å². The monoisotopic (exact) mass is 308 g/mol. The molecule has 22 heavy (non-hydrogen) atoms. The summed E-state index contributed by atoms with van der Waals surface area (Å²) in [7, 11) is 0. The van der Waals surface area contributed by atoms with Crippen LogP contribution in [0.15, 0.2) is 18.2 Å². The van der Waals surface area contributed by atoms with Crippen molar-refractivity contribution >= 4 is 0 Å². The van der Waals surface area contributed by atoms with Crippen LogP contribution in [0, 0.1) is 5.82 Å². The molecule has 122 valence electrons. The lowest BCUT2D eigenvalue weighted by molar-refractivity contribution is 0.00287. The molecule has 1 aromatic rings. The van der Waals surface area contributed by atoms with Crippen molar-refractivity contribution < 1.29 is 14.2 Å². The summed E-state index contributed by atoms with van der Waals surface area (Å²) in [6.07, 6.45) is 0.490. The summed E-state index contributed by atoms with van der Waals surface area (Å²) in [6, 6.07) is 5.29. The highest BCUT2D eigenvalue weighted by atomic mass is 19.1. The largest absolute Gasteiger partial charge is 0.390 e. The van der Waals surface area contributed by atoms with Gasteiger partial charge in [-0.15, -0.1) is 0 Å². The van der Waals surface area contributed by atoms with Crippen LogP contribution < -0.4 is 0 Å². The number of morpholine rings is 1.